The monoisotopic (exact) mass is 307 g/mol. The van der Waals surface area contributed by atoms with E-state index in [9.17, 15) is 0 Å². The van der Waals surface area contributed by atoms with Gasteiger partial charge in [-0.2, -0.15) is 0 Å². The van der Waals surface area contributed by atoms with Crippen molar-refractivity contribution < 1.29 is 0 Å². The Morgan fingerprint density at radius 3 is 2.59 bits per heavy atom. The zero-order chi connectivity index (χ0) is 11.8. The molecule has 5 heteroatoms. The van der Waals surface area contributed by atoms with Gasteiger partial charge in [0.15, 0.2) is 0 Å². The lowest BCUT2D eigenvalue weighted by Crippen LogP contribution is -1.85. The van der Waals surface area contributed by atoms with Crippen LogP contribution in [0.15, 0.2) is 47.1 Å². The summed E-state index contributed by atoms with van der Waals surface area (Å²) in [4.78, 5) is 0. The van der Waals surface area contributed by atoms with Crippen LogP contribution in [0, 0.1) is 0 Å². The smallest absolute Gasteiger partial charge is 0.120 e. The molecule has 17 heavy (non-hydrogen) atoms. The lowest BCUT2D eigenvalue weighted by molar-refractivity contribution is 0.854. The number of pyridine rings is 1. The molecule has 0 fully saturated rings. The van der Waals surface area contributed by atoms with E-state index in [1.165, 1.54) is 0 Å². The van der Waals surface area contributed by atoms with Gasteiger partial charge < -0.3 is 0 Å². The van der Waals surface area contributed by atoms with Crippen LogP contribution in [0.2, 0.25) is 5.02 Å². The predicted molar refractivity (Wildman–Crippen MR) is 71.1 cm³/mol. The number of hydrogen-bond acceptors (Lipinski definition) is 2. The van der Waals surface area contributed by atoms with E-state index in [0.717, 1.165) is 21.2 Å². The Labute approximate surface area is 111 Å². The van der Waals surface area contributed by atoms with Crippen molar-refractivity contribution in [2.45, 2.75) is 0 Å². The quantitative estimate of drug-likeness (QED) is 0.684. The van der Waals surface area contributed by atoms with Crippen molar-refractivity contribution in [3.8, 4) is 11.3 Å². The first-order valence-electron chi connectivity index (χ1n) is 5.00. The van der Waals surface area contributed by atoms with Gasteiger partial charge in [-0.25, -0.2) is 4.52 Å². The molecule has 0 spiro atoms. The van der Waals surface area contributed by atoms with Crippen LogP contribution in [0.3, 0.4) is 0 Å². The largest absolute Gasteiger partial charge is 0.219 e. The van der Waals surface area contributed by atoms with Gasteiger partial charge in [0, 0.05) is 21.3 Å². The second kappa shape index (κ2) is 4.13. The standard InChI is InChI=1S/C12H7BrClN3/c13-9-3-6-11-12(15-16-17(11)7-9)8-1-4-10(14)5-2-8/h1-7H. The summed E-state index contributed by atoms with van der Waals surface area (Å²) < 4.78 is 2.71. The minimum atomic E-state index is 0.716. The Balaban J connectivity index is 2.21. The number of aromatic nitrogens is 3. The van der Waals surface area contributed by atoms with Gasteiger partial charge in [0.05, 0.1) is 5.52 Å². The van der Waals surface area contributed by atoms with Crippen molar-refractivity contribution in [3.05, 3.63) is 52.1 Å². The number of benzene rings is 1. The Morgan fingerprint density at radius 2 is 1.82 bits per heavy atom. The van der Waals surface area contributed by atoms with Crippen molar-refractivity contribution in [1.29, 1.82) is 0 Å². The van der Waals surface area contributed by atoms with E-state index in [-0.39, 0.29) is 0 Å². The molecule has 0 N–H and O–H groups in total. The van der Waals surface area contributed by atoms with Crippen LogP contribution in [-0.4, -0.2) is 14.8 Å². The molecule has 0 atom stereocenters. The first kappa shape index (κ1) is 10.7. The van der Waals surface area contributed by atoms with Crippen molar-refractivity contribution >= 4 is 33.0 Å². The Kier molecular flexibility index (Phi) is 2.61. The van der Waals surface area contributed by atoms with Crippen molar-refractivity contribution in [3.63, 3.8) is 0 Å². The average molecular weight is 309 g/mol. The second-order valence-corrected chi connectivity index (χ2v) is 4.97. The lowest BCUT2D eigenvalue weighted by atomic mass is 10.1. The van der Waals surface area contributed by atoms with Gasteiger partial charge in [0.1, 0.15) is 5.69 Å². The molecule has 0 aliphatic carbocycles. The number of hydrogen-bond donors (Lipinski definition) is 0. The average Bonchev–Trinajstić information content (AvgIpc) is 2.73. The molecule has 84 valence electrons. The summed E-state index contributed by atoms with van der Waals surface area (Å²) in [5.41, 5.74) is 2.83. The summed E-state index contributed by atoms with van der Waals surface area (Å²) in [6.07, 6.45) is 1.88. The van der Waals surface area contributed by atoms with E-state index in [4.69, 9.17) is 11.6 Å². The second-order valence-electron chi connectivity index (χ2n) is 3.62. The molecule has 2 heterocycles. The maximum atomic E-state index is 5.86. The fraction of sp³-hybridized carbons (Fsp3) is 0. The normalized spacial score (nSPS) is 10.9. The van der Waals surface area contributed by atoms with E-state index in [1.54, 1.807) is 4.52 Å². The molecule has 0 saturated heterocycles. The highest BCUT2D eigenvalue weighted by atomic mass is 79.9. The maximum Gasteiger partial charge on any atom is 0.120 e. The fourth-order valence-electron chi connectivity index (χ4n) is 1.68. The third-order valence-corrected chi connectivity index (χ3v) is 3.22. The van der Waals surface area contributed by atoms with Crippen LogP contribution in [0.5, 0.6) is 0 Å². The van der Waals surface area contributed by atoms with Crippen LogP contribution in [0.1, 0.15) is 0 Å². The van der Waals surface area contributed by atoms with E-state index >= 15 is 0 Å². The molecule has 3 rings (SSSR count). The van der Waals surface area contributed by atoms with Gasteiger partial charge in [0.25, 0.3) is 0 Å². The number of rotatable bonds is 1. The van der Waals surface area contributed by atoms with Crippen LogP contribution in [0.25, 0.3) is 16.8 Å². The summed E-state index contributed by atoms with van der Waals surface area (Å²) in [6, 6.07) is 11.5. The van der Waals surface area contributed by atoms with Crippen molar-refractivity contribution in [2.75, 3.05) is 0 Å². The Hall–Kier alpha value is -1.39. The van der Waals surface area contributed by atoms with E-state index in [0.29, 0.717) is 5.02 Å². The summed E-state index contributed by atoms with van der Waals surface area (Å²) in [7, 11) is 0. The molecule has 2 aromatic heterocycles. The highest BCUT2D eigenvalue weighted by Crippen LogP contribution is 2.24. The zero-order valence-electron chi connectivity index (χ0n) is 8.64. The molecular weight excluding hydrogens is 302 g/mol. The minimum absolute atomic E-state index is 0.716. The number of fused-ring (bicyclic) bond motifs is 1. The molecule has 0 bridgehead atoms. The molecule has 0 aliphatic rings. The van der Waals surface area contributed by atoms with E-state index in [2.05, 4.69) is 26.2 Å². The van der Waals surface area contributed by atoms with Gasteiger partial charge in [-0.15, -0.1) is 5.10 Å². The van der Waals surface area contributed by atoms with Crippen molar-refractivity contribution in [2.24, 2.45) is 0 Å². The van der Waals surface area contributed by atoms with Crippen LogP contribution in [-0.2, 0) is 0 Å². The number of nitrogens with zero attached hydrogens (tertiary/aromatic N) is 3. The first-order valence-corrected chi connectivity index (χ1v) is 6.18. The highest BCUT2D eigenvalue weighted by Gasteiger charge is 2.08. The molecule has 0 amide bonds. The molecule has 3 aromatic rings. The maximum absolute atomic E-state index is 5.86. The Bertz CT molecular complexity index is 676. The Morgan fingerprint density at radius 1 is 1.06 bits per heavy atom. The topological polar surface area (TPSA) is 30.2 Å². The van der Waals surface area contributed by atoms with Gasteiger partial charge in [0.2, 0.25) is 0 Å². The van der Waals surface area contributed by atoms with Gasteiger partial charge >= 0.3 is 0 Å². The van der Waals surface area contributed by atoms with Gasteiger partial charge in [-0.1, -0.05) is 28.9 Å². The van der Waals surface area contributed by atoms with E-state index < -0.39 is 0 Å². The summed E-state index contributed by atoms with van der Waals surface area (Å²) in [6.45, 7) is 0. The molecule has 0 radical (unpaired) electrons. The molecule has 0 saturated carbocycles. The molecule has 1 aromatic carbocycles. The molecule has 0 unspecified atom stereocenters. The molecule has 3 nitrogen and oxygen atoms in total. The van der Waals surface area contributed by atoms with Crippen molar-refractivity contribution in [1.82, 2.24) is 14.8 Å². The lowest BCUT2D eigenvalue weighted by Gasteiger charge is -1.98. The van der Waals surface area contributed by atoms with Gasteiger partial charge in [-0.3, -0.25) is 0 Å². The summed E-state index contributed by atoms with van der Waals surface area (Å²) >= 11 is 9.27. The first-order chi connectivity index (χ1) is 8.24. The SMILES string of the molecule is Clc1ccc(-c2nnn3cc(Br)ccc23)cc1. The summed E-state index contributed by atoms with van der Waals surface area (Å²) in [5.74, 6) is 0. The fourth-order valence-corrected chi connectivity index (χ4v) is 2.14. The number of halogens is 2. The predicted octanol–water partition coefficient (Wildman–Crippen LogP) is 3.81. The highest BCUT2D eigenvalue weighted by molar-refractivity contribution is 9.10. The zero-order valence-corrected chi connectivity index (χ0v) is 11.0. The van der Waals surface area contributed by atoms with Crippen LogP contribution in [0.4, 0.5) is 0 Å². The summed E-state index contributed by atoms with van der Waals surface area (Å²) in [5, 5.41) is 8.98. The van der Waals surface area contributed by atoms with Gasteiger partial charge in [-0.05, 0) is 40.2 Å². The molecular formula is C12H7BrClN3. The third kappa shape index (κ3) is 1.94. The molecule has 0 aliphatic heterocycles. The van der Waals surface area contributed by atoms with E-state index in [1.807, 2.05) is 42.6 Å². The van der Waals surface area contributed by atoms with Crippen LogP contribution >= 0.6 is 27.5 Å². The third-order valence-electron chi connectivity index (χ3n) is 2.49. The van der Waals surface area contributed by atoms with Crippen LogP contribution < -0.4 is 0 Å². The minimum Gasteiger partial charge on any atom is -0.219 e.